The molecule has 1 fully saturated rings. The van der Waals surface area contributed by atoms with Crippen LogP contribution < -0.4 is 5.73 Å². The molecular formula is C13H15F2NO. The Morgan fingerprint density at radius 1 is 1.18 bits per heavy atom. The van der Waals surface area contributed by atoms with Crippen molar-refractivity contribution in [3.63, 3.8) is 0 Å². The minimum Gasteiger partial charge on any atom is -0.319 e. The van der Waals surface area contributed by atoms with E-state index in [0.717, 1.165) is 37.5 Å². The number of ketones is 1. The predicted octanol–water partition coefficient (Wildman–Crippen LogP) is 2.81. The fourth-order valence-corrected chi connectivity index (χ4v) is 2.35. The Balaban J connectivity index is 2.32. The molecule has 4 heteroatoms. The van der Waals surface area contributed by atoms with Crippen LogP contribution in [-0.4, -0.2) is 11.3 Å². The van der Waals surface area contributed by atoms with E-state index in [0.29, 0.717) is 12.8 Å². The van der Waals surface area contributed by atoms with Crippen LogP contribution in [0.5, 0.6) is 0 Å². The highest BCUT2D eigenvalue weighted by Crippen LogP contribution is 2.30. The lowest BCUT2D eigenvalue weighted by atomic mass is 9.77. The number of benzene rings is 1. The topological polar surface area (TPSA) is 43.1 Å². The van der Waals surface area contributed by atoms with Crippen molar-refractivity contribution in [2.24, 2.45) is 5.73 Å². The molecule has 1 aromatic rings. The van der Waals surface area contributed by atoms with Crippen molar-refractivity contribution >= 4 is 5.78 Å². The van der Waals surface area contributed by atoms with Gasteiger partial charge >= 0.3 is 0 Å². The zero-order chi connectivity index (χ0) is 12.5. The van der Waals surface area contributed by atoms with Gasteiger partial charge in [0.25, 0.3) is 0 Å². The molecule has 1 aromatic carbocycles. The number of nitrogens with two attached hydrogens (primary N) is 1. The molecule has 0 saturated heterocycles. The smallest absolute Gasteiger partial charge is 0.185 e. The Morgan fingerprint density at radius 2 is 1.82 bits per heavy atom. The molecule has 17 heavy (non-hydrogen) atoms. The zero-order valence-electron chi connectivity index (χ0n) is 9.51. The number of carbonyl (C=O) groups excluding carboxylic acids is 1. The number of carbonyl (C=O) groups is 1. The third-order valence-corrected chi connectivity index (χ3v) is 3.37. The van der Waals surface area contributed by atoms with Crippen molar-refractivity contribution < 1.29 is 13.6 Å². The van der Waals surface area contributed by atoms with Crippen LogP contribution in [0.3, 0.4) is 0 Å². The van der Waals surface area contributed by atoms with Gasteiger partial charge in [0, 0.05) is 0 Å². The number of halogens is 2. The molecule has 0 atom stereocenters. The molecule has 0 heterocycles. The third kappa shape index (κ3) is 2.36. The van der Waals surface area contributed by atoms with Crippen LogP contribution in [0.25, 0.3) is 0 Å². The van der Waals surface area contributed by atoms with Crippen LogP contribution in [0.1, 0.15) is 42.5 Å². The Labute approximate surface area is 98.8 Å². The normalized spacial score (nSPS) is 19.0. The van der Waals surface area contributed by atoms with Gasteiger partial charge < -0.3 is 5.73 Å². The zero-order valence-corrected chi connectivity index (χ0v) is 9.51. The summed E-state index contributed by atoms with van der Waals surface area (Å²) in [6.07, 6.45) is 3.85. The van der Waals surface area contributed by atoms with E-state index in [1.165, 1.54) is 0 Å². The minimum atomic E-state index is -1.02. The van der Waals surface area contributed by atoms with Crippen LogP contribution in [0.15, 0.2) is 18.2 Å². The minimum absolute atomic E-state index is 0.227. The molecule has 1 aliphatic carbocycles. The van der Waals surface area contributed by atoms with Gasteiger partial charge in [-0.3, -0.25) is 4.79 Å². The van der Waals surface area contributed by atoms with Crippen molar-refractivity contribution in [3.05, 3.63) is 35.4 Å². The first kappa shape index (κ1) is 12.2. The summed E-state index contributed by atoms with van der Waals surface area (Å²) in [7, 11) is 0. The van der Waals surface area contributed by atoms with Crippen molar-refractivity contribution in [2.75, 3.05) is 0 Å². The second kappa shape index (κ2) is 4.53. The average molecular weight is 239 g/mol. The van der Waals surface area contributed by atoms with Gasteiger partial charge in [-0.15, -0.1) is 0 Å². The predicted molar refractivity (Wildman–Crippen MR) is 60.7 cm³/mol. The summed E-state index contributed by atoms with van der Waals surface area (Å²) in [5.74, 6) is -1.80. The highest BCUT2D eigenvalue weighted by Gasteiger charge is 2.37. The Hall–Kier alpha value is -1.29. The van der Waals surface area contributed by atoms with E-state index < -0.39 is 23.0 Å². The molecule has 0 bridgehead atoms. The Bertz CT molecular complexity index is 439. The van der Waals surface area contributed by atoms with Crippen molar-refractivity contribution in [1.29, 1.82) is 0 Å². The standard InChI is InChI=1S/C13H15F2NO/c14-9-4-5-11(15)10(8-9)12(17)13(16)6-2-1-3-7-13/h4-5,8H,1-3,6-7,16H2. The van der Waals surface area contributed by atoms with Crippen molar-refractivity contribution in [3.8, 4) is 0 Å². The van der Waals surface area contributed by atoms with Gasteiger partial charge in [-0.2, -0.15) is 0 Å². The first-order chi connectivity index (χ1) is 8.03. The first-order valence-corrected chi connectivity index (χ1v) is 5.82. The van der Waals surface area contributed by atoms with Gasteiger partial charge in [-0.1, -0.05) is 19.3 Å². The molecule has 0 radical (unpaired) electrons. The number of hydrogen-bond donors (Lipinski definition) is 1. The molecule has 0 spiro atoms. The van der Waals surface area contributed by atoms with Gasteiger partial charge in [0.2, 0.25) is 0 Å². The molecule has 0 aliphatic heterocycles. The Morgan fingerprint density at radius 3 is 2.47 bits per heavy atom. The molecule has 92 valence electrons. The second-order valence-electron chi connectivity index (χ2n) is 4.67. The van der Waals surface area contributed by atoms with E-state index in [1.54, 1.807) is 0 Å². The monoisotopic (exact) mass is 239 g/mol. The lowest BCUT2D eigenvalue weighted by Crippen LogP contribution is -2.49. The van der Waals surface area contributed by atoms with Gasteiger partial charge in [0.15, 0.2) is 5.78 Å². The lowest BCUT2D eigenvalue weighted by Gasteiger charge is -2.31. The second-order valence-corrected chi connectivity index (χ2v) is 4.67. The molecule has 2 rings (SSSR count). The summed E-state index contributed by atoms with van der Waals surface area (Å²) in [6.45, 7) is 0. The van der Waals surface area contributed by atoms with Crippen LogP contribution in [-0.2, 0) is 0 Å². The molecule has 1 saturated carbocycles. The summed E-state index contributed by atoms with van der Waals surface area (Å²) < 4.78 is 26.5. The summed E-state index contributed by atoms with van der Waals surface area (Å²) in [5.41, 5.74) is 4.77. The largest absolute Gasteiger partial charge is 0.319 e. The summed E-state index contributed by atoms with van der Waals surface area (Å²) >= 11 is 0. The number of hydrogen-bond acceptors (Lipinski definition) is 2. The maximum atomic E-state index is 13.5. The van der Waals surface area contributed by atoms with Gasteiger partial charge in [-0.05, 0) is 31.0 Å². The number of rotatable bonds is 2. The van der Waals surface area contributed by atoms with E-state index in [4.69, 9.17) is 5.73 Å². The quantitative estimate of drug-likeness (QED) is 0.806. The molecule has 0 aromatic heterocycles. The van der Waals surface area contributed by atoms with Crippen LogP contribution in [0.4, 0.5) is 8.78 Å². The summed E-state index contributed by atoms with van der Waals surface area (Å²) in [5, 5.41) is 0. The molecule has 0 unspecified atom stereocenters. The lowest BCUT2D eigenvalue weighted by molar-refractivity contribution is 0.0843. The highest BCUT2D eigenvalue weighted by molar-refractivity contribution is 6.03. The van der Waals surface area contributed by atoms with Gasteiger partial charge in [0.05, 0.1) is 11.1 Å². The third-order valence-electron chi connectivity index (χ3n) is 3.37. The van der Waals surface area contributed by atoms with E-state index in [2.05, 4.69) is 0 Å². The molecule has 1 aliphatic rings. The maximum absolute atomic E-state index is 13.5. The SMILES string of the molecule is NC1(C(=O)c2cc(F)ccc2F)CCCCC1. The van der Waals surface area contributed by atoms with Crippen LogP contribution in [0, 0.1) is 11.6 Å². The molecule has 0 amide bonds. The van der Waals surface area contributed by atoms with Gasteiger partial charge in [0.1, 0.15) is 11.6 Å². The first-order valence-electron chi connectivity index (χ1n) is 5.82. The number of Topliss-reactive ketones (excluding diaryl/α,β-unsaturated/α-hetero) is 1. The highest BCUT2D eigenvalue weighted by atomic mass is 19.1. The van der Waals surface area contributed by atoms with E-state index >= 15 is 0 Å². The summed E-state index contributed by atoms with van der Waals surface area (Å²) in [4.78, 5) is 12.2. The van der Waals surface area contributed by atoms with E-state index in [-0.39, 0.29) is 5.56 Å². The van der Waals surface area contributed by atoms with Crippen molar-refractivity contribution in [1.82, 2.24) is 0 Å². The summed E-state index contributed by atoms with van der Waals surface area (Å²) in [6, 6.07) is 2.89. The van der Waals surface area contributed by atoms with Crippen LogP contribution in [0.2, 0.25) is 0 Å². The molecule has 2 N–H and O–H groups in total. The molecular weight excluding hydrogens is 224 g/mol. The maximum Gasteiger partial charge on any atom is 0.185 e. The van der Waals surface area contributed by atoms with E-state index in [9.17, 15) is 13.6 Å². The average Bonchev–Trinajstić information content (AvgIpc) is 2.32. The molecule has 2 nitrogen and oxygen atoms in total. The van der Waals surface area contributed by atoms with E-state index in [1.807, 2.05) is 0 Å². The van der Waals surface area contributed by atoms with Gasteiger partial charge in [-0.25, -0.2) is 8.78 Å². The Kier molecular flexibility index (Phi) is 3.24. The fraction of sp³-hybridized carbons (Fsp3) is 0.462. The van der Waals surface area contributed by atoms with Crippen molar-refractivity contribution in [2.45, 2.75) is 37.6 Å². The fourth-order valence-electron chi connectivity index (χ4n) is 2.35. The van der Waals surface area contributed by atoms with Crippen LogP contribution >= 0.6 is 0 Å².